The van der Waals surface area contributed by atoms with E-state index in [4.69, 9.17) is 8.92 Å². The number of alkyl carbamates (subject to hydrolysis) is 1. The Morgan fingerprint density at radius 1 is 1.00 bits per heavy atom. The highest BCUT2D eigenvalue weighted by Gasteiger charge is 2.37. The van der Waals surface area contributed by atoms with E-state index >= 15 is 0 Å². The number of carbonyl (C=O) groups is 1. The molecule has 7 heteroatoms. The number of amides is 1. The molecule has 2 atom stereocenters. The van der Waals surface area contributed by atoms with Gasteiger partial charge in [0.15, 0.2) is 0 Å². The molecule has 0 fully saturated rings. The van der Waals surface area contributed by atoms with E-state index in [2.05, 4.69) is 5.32 Å². The summed E-state index contributed by atoms with van der Waals surface area (Å²) in [6.45, 7) is 5.22. The van der Waals surface area contributed by atoms with Crippen LogP contribution >= 0.6 is 0 Å². The van der Waals surface area contributed by atoms with Gasteiger partial charge in [0.2, 0.25) is 0 Å². The maximum Gasteiger partial charge on any atom is 0.407 e. The summed E-state index contributed by atoms with van der Waals surface area (Å²) in [6.07, 6.45) is -0.782. The van der Waals surface area contributed by atoms with Crippen molar-refractivity contribution < 1.29 is 22.1 Å². The second kappa shape index (κ2) is 10.2. The number of carbonyl (C=O) groups excluding carboxylic acids is 1. The molecule has 0 aliphatic heterocycles. The molecule has 0 aliphatic carbocycles. The van der Waals surface area contributed by atoms with E-state index < -0.39 is 33.6 Å². The van der Waals surface area contributed by atoms with Gasteiger partial charge < -0.3 is 10.1 Å². The van der Waals surface area contributed by atoms with Crippen molar-refractivity contribution in [2.45, 2.75) is 51.2 Å². The van der Waals surface area contributed by atoms with Crippen LogP contribution in [-0.4, -0.2) is 26.7 Å². The lowest BCUT2D eigenvalue weighted by Crippen LogP contribution is -2.42. The number of rotatable bonds is 9. The van der Waals surface area contributed by atoms with Crippen molar-refractivity contribution in [3.05, 3.63) is 71.8 Å². The van der Waals surface area contributed by atoms with E-state index in [1.807, 2.05) is 37.3 Å². The minimum absolute atomic E-state index is 0.106. The molecule has 1 amide bonds. The summed E-state index contributed by atoms with van der Waals surface area (Å²) < 4.78 is 36.3. The van der Waals surface area contributed by atoms with E-state index in [9.17, 15) is 13.2 Å². The quantitative estimate of drug-likeness (QED) is 0.633. The van der Waals surface area contributed by atoms with Crippen LogP contribution < -0.4 is 5.32 Å². The van der Waals surface area contributed by atoms with Gasteiger partial charge in [0.05, 0.1) is 12.1 Å². The van der Waals surface area contributed by atoms with Crippen LogP contribution in [0.15, 0.2) is 60.7 Å². The zero-order valence-electron chi connectivity index (χ0n) is 16.4. The molecular formula is C21H27NO5S. The zero-order chi connectivity index (χ0) is 20.6. The molecule has 0 aromatic heterocycles. The number of hydrogen-bond donors (Lipinski definition) is 1. The SMILES string of the molecule is CC[C@@H](NC(=O)OCc1ccccc1)[C@H](c1ccccc1)S(=O)(=O)OC(C)C. The fraction of sp³-hybridized carbons (Fsp3) is 0.381. The summed E-state index contributed by atoms with van der Waals surface area (Å²) in [7, 11) is -3.97. The third kappa shape index (κ3) is 6.35. The van der Waals surface area contributed by atoms with Crippen molar-refractivity contribution in [1.82, 2.24) is 5.32 Å². The van der Waals surface area contributed by atoms with Gasteiger partial charge in [-0.2, -0.15) is 8.42 Å². The molecule has 0 spiro atoms. The molecule has 0 aliphatic rings. The molecule has 0 heterocycles. The Bertz CT molecular complexity index is 838. The van der Waals surface area contributed by atoms with Crippen LogP contribution in [0.3, 0.4) is 0 Å². The summed E-state index contributed by atoms with van der Waals surface area (Å²) in [5.74, 6) is 0. The molecule has 6 nitrogen and oxygen atoms in total. The predicted octanol–water partition coefficient (Wildman–Crippen LogP) is 4.19. The summed E-state index contributed by atoms with van der Waals surface area (Å²) in [5, 5.41) is 1.66. The minimum Gasteiger partial charge on any atom is -0.445 e. The zero-order valence-corrected chi connectivity index (χ0v) is 17.2. The number of nitrogens with one attached hydrogen (secondary N) is 1. The first-order chi connectivity index (χ1) is 13.3. The number of benzene rings is 2. The fourth-order valence-corrected chi connectivity index (χ4v) is 4.69. The molecule has 0 saturated heterocycles. The van der Waals surface area contributed by atoms with Crippen LogP contribution in [0.4, 0.5) is 4.79 Å². The van der Waals surface area contributed by atoms with Gasteiger partial charge in [-0.1, -0.05) is 67.6 Å². The van der Waals surface area contributed by atoms with Gasteiger partial charge in [-0.05, 0) is 31.4 Å². The van der Waals surface area contributed by atoms with Crippen LogP contribution in [0.1, 0.15) is 43.6 Å². The van der Waals surface area contributed by atoms with Crippen molar-refractivity contribution in [2.24, 2.45) is 0 Å². The first-order valence-electron chi connectivity index (χ1n) is 9.27. The lowest BCUT2D eigenvalue weighted by Gasteiger charge is -2.27. The van der Waals surface area contributed by atoms with Crippen LogP contribution in [0.25, 0.3) is 0 Å². The molecule has 2 rings (SSSR count). The van der Waals surface area contributed by atoms with Gasteiger partial charge in [0, 0.05) is 0 Å². The average molecular weight is 406 g/mol. The Labute approximate surface area is 167 Å². The Hall–Kier alpha value is -2.38. The molecule has 0 unspecified atom stereocenters. The number of hydrogen-bond acceptors (Lipinski definition) is 5. The monoisotopic (exact) mass is 405 g/mol. The lowest BCUT2D eigenvalue weighted by molar-refractivity contribution is 0.134. The van der Waals surface area contributed by atoms with Gasteiger partial charge in [-0.15, -0.1) is 0 Å². The highest BCUT2D eigenvalue weighted by molar-refractivity contribution is 7.87. The molecule has 28 heavy (non-hydrogen) atoms. The lowest BCUT2D eigenvalue weighted by atomic mass is 10.0. The maximum atomic E-state index is 12.9. The van der Waals surface area contributed by atoms with E-state index in [0.717, 1.165) is 5.56 Å². The van der Waals surface area contributed by atoms with Crippen molar-refractivity contribution in [2.75, 3.05) is 0 Å². The van der Waals surface area contributed by atoms with Crippen LogP contribution in [0.2, 0.25) is 0 Å². The van der Waals surface area contributed by atoms with Crippen molar-refractivity contribution in [3.63, 3.8) is 0 Å². The first kappa shape index (κ1) is 21.9. The van der Waals surface area contributed by atoms with Crippen molar-refractivity contribution in [3.8, 4) is 0 Å². The Morgan fingerprint density at radius 3 is 2.11 bits per heavy atom. The van der Waals surface area contributed by atoms with E-state index in [1.54, 1.807) is 44.2 Å². The van der Waals surface area contributed by atoms with Crippen LogP contribution in [-0.2, 0) is 25.6 Å². The smallest absolute Gasteiger partial charge is 0.407 e. The molecule has 2 aromatic carbocycles. The summed E-state index contributed by atoms with van der Waals surface area (Å²) >= 11 is 0. The highest BCUT2D eigenvalue weighted by Crippen LogP contribution is 2.30. The number of ether oxygens (including phenoxy) is 1. The van der Waals surface area contributed by atoms with Crippen LogP contribution in [0, 0.1) is 0 Å². The average Bonchev–Trinajstić information content (AvgIpc) is 2.66. The molecular weight excluding hydrogens is 378 g/mol. The molecule has 0 saturated carbocycles. The standard InChI is InChI=1S/C21H27NO5S/c1-4-19(22-21(23)26-15-17-11-7-5-8-12-17)20(18-13-9-6-10-14-18)28(24,25)27-16(2)3/h5-14,16,19-20H,4,15H2,1-3H3,(H,22,23)/t19-,20+/m1/s1. The van der Waals surface area contributed by atoms with Gasteiger partial charge in [0.25, 0.3) is 10.1 Å². The van der Waals surface area contributed by atoms with Gasteiger partial charge in [-0.25, -0.2) is 4.79 Å². The summed E-state index contributed by atoms with van der Waals surface area (Å²) in [4.78, 5) is 12.3. The van der Waals surface area contributed by atoms with Gasteiger partial charge >= 0.3 is 6.09 Å². The third-order valence-corrected chi connectivity index (χ3v) is 5.96. The van der Waals surface area contributed by atoms with Gasteiger partial charge in [0.1, 0.15) is 11.9 Å². The second-order valence-corrected chi connectivity index (χ2v) is 8.38. The van der Waals surface area contributed by atoms with E-state index in [1.165, 1.54) is 0 Å². The second-order valence-electron chi connectivity index (χ2n) is 6.69. The van der Waals surface area contributed by atoms with Gasteiger partial charge in [-0.3, -0.25) is 4.18 Å². The summed E-state index contributed by atoms with van der Waals surface area (Å²) in [6, 6.07) is 17.3. The van der Waals surface area contributed by atoms with Crippen molar-refractivity contribution in [1.29, 1.82) is 0 Å². The first-order valence-corrected chi connectivity index (χ1v) is 10.7. The third-order valence-electron chi connectivity index (χ3n) is 4.09. The molecule has 1 N–H and O–H groups in total. The Kier molecular flexibility index (Phi) is 8.02. The van der Waals surface area contributed by atoms with E-state index in [-0.39, 0.29) is 6.61 Å². The molecule has 2 aromatic rings. The molecule has 152 valence electrons. The Balaban J connectivity index is 2.18. The topological polar surface area (TPSA) is 81.7 Å². The molecule has 0 radical (unpaired) electrons. The molecule has 0 bridgehead atoms. The van der Waals surface area contributed by atoms with Crippen molar-refractivity contribution >= 4 is 16.2 Å². The minimum atomic E-state index is -3.97. The predicted molar refractivity (Wildman–Crippen MR) is 108 cm³/mol. The van der Waals surface area contributed by atoms with E-state index in [0.29, 0.717) is 12.0 Å². The Morgan fingerprint density at radius 2 is 1.57 bits per heavy atom. The highest BCUT2D eigenvalue weighted by atomic mass is 32.2. The maximum absolute atomic E-state index is 12.9. The van der Waals surface area contributed by atoms with Crippen LogP contribution in [0.5, 0.6) is 0 Å². The summed E-state index contributed by atoms with van der Waals surface area (Å²) in [5.41, 5.74) is 1.40. The largest absolute Gasteiger partial charge is 0.445 e. The fourth-order valence-electron chi connectivity index (χ4n) is 2.88. The normalized spacial score (nSPS) is 13.7.